The van der Waals surface area contributed by atoms with Crippen molar-refractivity contribution < 1.29 is 28.2 Å². The first kappa shape index (κ1) is 33.4. The normalized spacial score (nSPS) is 16.6. The van der Waals surface area contributed by atoms with Crippen LogP contribution in [0.5, 0.6) is 5.75 Å². The predicted octanol–water partition coefficient (Wildman–Crippen LogP) is 7.29. The number of amides is 1. The number of carbonyl (C=O) groups is 1. The molecule has 0 aliphatic carbocycles. The maximum atomic E-state index is 14.6. The molecule has 1 heterocycles. The van der Waals surface area contributed by atoms with Crippen LogP contribution in [0.3, 0.4) is 0 Å². The van der Waals surface area contributed by atoms with E-state index in [-0.39, 0.29) is 36.7 Å². The average Bonchev–Trinajstić information content (AvgIpc) is 3.48. The van der Waals surface area contributed by atoms with E-state index in [2.05, 4.69) is 25.4 Å². The molecule has 0 saturated carbocycles. The van der Waals surface area contributed by atoms with Crippen molar-refractivity contribution in [1.82, 2.24) is 5.32 Å². The van der Waals surface area contributed by atoms with E-state index in [1.54, 1.807) is 72.8 Å². The van der Waals surface area contributed by atoms with Crippen molar-refractivity contribution in [1.29, 1.82) is 0 Å². The Morgan fingerprint density at radius 1 is 0.958 bits per heavy atom. The number of benzene rings is 4. The van der Waals surface area contributed by atoms with Gasteiger partial charge in [-0.15, -0.1) is 0 Å². The van der Waals surface area contributed by atoms with E-state index in [4.69, 9.17) is 25.1 Å². The van der Waals surface area contributed by atoms with Gasteiger partial charge in [-0.1, -0.05) is 64.8 Å². The van der Waals surface area contributed by atoms with Crippen molar-refractivity contribution in [3.05, 3.63) is 151 Å². The quantitative estimate of drug-likeness (QED) is 0.0629. The van der Waals surface area contributed by atoms with E-state index >= 15 is 0 Å². The summed E-state index contributed by atoms with van der Waals surface area (Å²) < 4.78 is 41.4. The van der Waals surface area contributed by atoms with E-state index in [0.29, 0.717) is 41.0 Å². The van der Waals surface area contributed by atoms with Crippen LogP contribution >= 0.6 is 0 Å². The third-order valence-corrected chi connectivity index (χ3v) is 7.76. The number of hydrogen-bond acceptors (Lipinski definition) is 7. The molecule has 244 valence electrons. The largest absolute Gasteiger partial charge is 0.494 e. The van der Waals surface area contributed by atoms with E-state index < -0.39 is 35.7 Å². The summed E-state index contributed by atoms with van der Waals surface area (Å²) in [4.78, 5) is 25.3. The van der Waals surface area contributed by atoms with Crippen LogP contribution in [-0.2, 0) is 29.0 Å². The van der Waals surface area contributed by atoms with Gasteiger partial charge in [0, 0.05) is 52.6 Å². The number of nitrogens with one attached hydrogen (secondary N) is 1. The summed E-state index contributed by atoms with van der Waals surface area (Å²) in [5.41, 5.74) is 18.4. The summed E-state index contributed by atoms with van der Waals surface area (Å²) in [6.07, 6.45) is -0.830. The van der Waals surface area contributed by atoms with Crippen molar-refractivity contribution in [3.8, 4) is 5.75 Å². The highest BCUT2D eigenvalue weighted by atomic mass is 19.1. The van der Waals surface area contributed by atoms with Gasteiger partial charge in [0.1, 0.15) is 17.4 Å². The lowest BCUT2D eigenvalue weighted by Gasteiger charge is -2.32. The number of aliphatic imine (C=N–C) groups is 1. The summed E-state index contributed by atoms with van der Waals surface area (Å²) in [5.74, 6) is -1.75. The van der Waals surface area contributed by atoms with Crippen LogP contribution in [-0.4, -0.2) is 35.7 Å². The molecule has 1 amide bonds. The van der Waals surface area contributed by atoms with E-state index in [1.807, 2.05) is 0 Å². The molecule has 0 fully saturated rings. The number of nitrogens with zero attached hydrogens (tertiary/aromatic N) is 7. The summed E-state index contributed by atoms with van der Waals surface area (Å²) in [6, 6.07) is 23.8. The second-order valence-corrected chi connectivity index (χ2v) is 10.8. The predicted molar refractivity (Wildman–Crippen MR) is 173 cm³/mol. The maximum Gasteiger partial charge on any atom is 0.252 e. The maximum absolute atomic E-state index is 14.6. The van der Waals surface area contributed by atoms with Gasteiger partial charge in [-0.2, -0.15) is 0 Å². The SMILES string of the molecule is [N-]=[N+]=NCc1ccccc1[C@H]1OC(c2ccc(OCCCO)cc2)=N[C@@]1(Cc1ccccc1N=[N+]=[N-])C(=O)NCc1c(F)cccc1F. The Morgan fingerprint density at radius 2 is 1.67 bits per heavy atom. The summed E-state index contributed by atoms with van der Waals surface area (Å²) in [6.45, 7) is -0.250. The molecule has 48 heavy (non-hydrogen) atoms. The van der Waals surface area contributed by atoms with Gasteiger partial charge in [0.25, 0.3) is 5.91 Å². The molecule has 5 rings (SSSR count). The summed E-state index contributed by atoms with van der Waals surface area (Å²) >= 11 is 0. The molecule has 0 saturated heterocycles. The van der Waals surface area contributed by atoms with Crippen LogP contribution in [0.4, 0.5) is 14.5 Å². The number of aliphatic hydroxyl groups excluding tert-OH is 1. The lowest BCUT2D eigenvalue weighted by Crippen LogP contribution is -2.50. The highest BCUT2D eigenvalue weighted by Gasteiger charge is 2.54. The lowest BCUT2D eigenvalue weighted by atomic mass is 9.80. The highest BCUT2D eigenvalue weighted by molar-refractivity contribution is 6.01. The number of halogens is 2. The smallest absolute Gasteiger partial charge is 0.252 e. The Morgan fingerprint density at radius 3 is 2.38 bits per heavy atom. The minimum atomic E-state index is -1.82. The molecule has 1 aliphatic heterocycles. The van der Waals surface area contributed by atoms with Crippen LogP contribution in [0, 0.1) is 11.6 Å². The van der Waals surface area contributed by atoms with Gasteiger partial charge in [-0.25, -0.2) is 13.8 Å². The number of ether oxygens (including phenoxy) is 2. The highest BCUT2D eigenvalue weighted by Crippen LogP contribution is 2.45. The molecule has 0 spiro atoms. The first-order valence-corrected chi connectivity index (χ1v) is 14.9. The minimum Gasteiger partial charge on any atom is -0.494 e. The van der Waals surface area contributed by atoms with Gasteiger partial charge in [0.2, 0.25) is 5.90 Å². The van der Waals surface area contributed by atoms with Crippen LogP contribution in [0.1, 0.15) is 40.3 Å². The summed E-state index contributed by atoms with van der Waals surface area (Å²) in [5, 5.41) is 19.3. The Labute approximate surface area is 273 Å². The fourth-order valence-corrected chi connectivity index (χ4v) is 5.42. The number of hydrogen-bond donors (Lipinski definition) is 2. The Balaban J connectivity index is 1.66. The van der Waals surface area contributed by atoms with Crippen LogP contribution in [0.2, 0.25) is 0 Å². The standard InChI is InChI=1S/C34H30F2N8O4/c35-28-10-5-11-29(36)27(28)21-39-33(46)34(19-23-7-2-4-12-30(23)42-44-38)31(26-9-3-1-8-24(26)20-40-43-37)48-32(41-34)22-13-15-25(16-14-22)47-18-6-17-45/h1-5,7-16,31,45H,6,17-21H2,(H,39,46)/t31-,34-/m1/s1. The second kappa shape index (κ2) is 15.6. The summed E-state index contributed by atoms with van der Waals surface area (Å²) in [7, 11) is 0. The molecule has 2 N–H and O–H groups in total. The van der Waals surface area contributed by atoms with Crippen molar-refractivity contribution in [2.75, 3.05) is 13.2 Å². The third-order valence-electron chi connectivity index (χ3n) is 7.76. The number of rotatable bonds is 14. The number of aliphatic hydroxyl groups is 1. The van der Waals surface area contributed by atoms with Gasteiger partial charge < -0.3 is 19.9 Å². The van der Waals surface area contributed by atoms with Crippen molar-refractivity contribution in [3.63, 3.8) is 0 Å². The van der Waals surface area contributed by atoms with Crippen molar-refractivity contribution >= 4 is 17.5 Å². The molecular weight excluding hydrogens is 622 g/mol. The second-order valence-electron chi connectivity index (χ2n) is 10.8. The zero-order valence-corrected chi connectivity index (χ0v) is 25.5. The zero-order valence-electron chi connectivity index (χ0n) is 25.5. The van der Waals surface area contributed by atoms with Gasteiger partial charge in [-0.05, 0) is 64.2 Å². The molecule has 12 nitrogen and oxygen atoms in total. The Hall–Kier alpha value is -5.94. The molecular formula is C34H30F2N8O4. The molecule has 0 unspecified atom stereocenters. The molecule has 14 heteroatoms. The molecule has 0 radical (unpaired) electrons. The topological polar surface area (TPSA) is 178 Å². The van der Waals surface area contributed by atoms with E-state index in [0.717, 1.165) is 12.1 Å². The van der Waals surface area contributed by atoms with Crippen molar-refractivity contribution in [2.24, 2.45) is 15.2 Å². The first-order valence-electron chi connectivity index (χ1n) is 14.9. The molecule has 0 bridgehead atoms. The lowest BCUT2D eigenvalue weighted by molar-refractivity contribution is -0.129. The number of azide groups is 2. The third kappa shape index (κ3) is 7.37. The van der Waals surface area contributed by atoms with Crippen LogP contribution in [0.25, 0.3) is 20.9 Å². The monoisotopic (exact) mass is 652 g/mol. The molecule has 1 aliphatic rings. The van der Waals surface area contributed by atoms with Crippen molar-refractivity contribution in [2.45, 2.75) is 37.6 Å². The molecule has 4 aromatic rings. The van der Waals surface area contributed by atoms with Gasteiger partial charge in [0.15, 0.2) is 11.6 Å². The van der Waals surface area contributed by atoms with E-state index in [9.17, 15) is 19.1 Å². The van der Waals surface area contributed by atoms with Crippen LogP contribution in [0.15, 0.2) is 106 Å². The van der Waals surface area contributed by atoms with Gasteiger partial charge in [-0.3, -0.25) is 4.79 Å². The van der Waals surface area contributed by atoms with E-state index in [1.165, 1.54) is 6.07 Å². The van der Waals surface area contributed by atoms with Crippen LogP contribution < -0.4 is 10.1 Å². The Bertz CT molecular complexity index is 1890. The molecule has 0 aromatic heterocycles. The average molecular weight is 653 g/mol. The molecule has 4 aromatic carbocycles. The zero-order chi connectivity index (χ0) is 33.9. The van der Waals surface area contributed by atoms with Gasteiger partial charge in [0.05, 0.1) is 13.2 Å². The fourth-order valence-electron chi connectivity index (χ4n) is 5.42. The number of carbonyl (C=O) groups excluding carboxylic acids is 1. The first-order chi connectivity index (χ1) is 23.4. The fraction of sp³-hybridized carbons (Fsp3) is 0.235. The molecule has 2 atom stereocenters. The minimum absolute atomic E-state index is 0.0121. The van der Waals surface area contributed by atoms with Gasteiger partial charge >= 0.3 is 0 Å². The Kier molecular flexibility index (Phi) is 10.8.